The summed E-state index contributed by atoms with van der Waals surface area (Å²) in [5.41, 5.74) is -0.773. The fourth-order valence-electron chi connectivity index (χ4n) is 1.99. The largest absolute Gasteiger partial charge is 0.377 e. The number of ketones is 1. The lowest BCUT2D eigenvalue weighted by Gasteiger charge is -2.11. The average Bonchev–Trinajstić information content (AvgIpc) is 2.64. The minimum Gasteiger partial charge on any atom is -0.377 e. The van der Waals surface area contributed by atoms with Crippen molar-refractivity contribution in [2.75, 3.05) is 20.3 Å². The third-order valence-electron chi connectivity index (χ3n) is 2.81. The molecule has 20 heavy (non-hydrogen) atoms. The standard InChI is InChI=1S/C12H10N2O6/c1-20-6-7(15)5-13-11(16)8-3-2-4-9(14(18)19)10(8)12(13)17/h2-4H,5-6H2,1H3. The lowest BCUT2D eigenvalue weighted by atomic mass is 10.1. The number of rotatable bonds is 5. The number of nitro benzene ring substituents is 1. The van der Waals surface area contributed by atoms with Crippen LogP contribution < -0.4 is 0 Å². The molecule has 1 aromatic rings. The molecule has 0 saturated heterocycles. The number of imide groups is 1. The third-order valence-corrected chi connectivity index (χ3v) is 2.81. The number of fused-ring (bicyclic) bond motifs is 1. The van der Waals surface area contributed by atoms with Crippen molar-refractivity contribution in [1.82, 2.24) is 4.90 Å². The fraction of sp³-hybridized carbons (Fsp3) is 0.250. The Morgan fingerprint density at radius 1 is 1.35 bits per heavy atom. The van der Waals surface area contributed by atoms with Gasteiger partial charge in [-0.25, -0.2) is 0 Å². The second kappa shape index (κ2) is 5.17. The Morgan fingerprint density at radius 2 is 2.05 bits per heavy atom. The number of benzene rings is 1. The van der Waals surface area contributed by atoms with Crippen LogP contribution in [0.2, 0.25) is 0 Å². The molecule has 0 aromatic heterocycles. The molecule has 2 rings (SSSR count). The first-order valence-corrected chi connectivity index (χ1v) is 5.61. The van der Waals surface area contributed by atoms with E-state index in [9.17, 15) is 24.5 Å². The van der Waals surface area contributed by atoms with Crippen LogP contribution in [-0.4, -0.2) is 47.7 Å². The highest BCUT2D eigenvalue weighted by Crippen LogP contribution is 2.30. The Hall–Kier alpha value is -2.61. The summed E-state index contributed by atoms with van der Waals surface area (Å²) in [6, 6.07) is 3.79. The Bertz CT molecular complexity index is 624. The summed E-state index contributed by atoms with van der Waals surface area (Å²) in [6.07, 6.45) is 0. The number of hydrogen-bond donors (Lipinski definition) is 0. The number of nitro groups is 1. The van der Waals surface area contributed by atoms with Gasteiger partial charge in [0.15, 0.2) is 5.78 Å². The van der Waals surface area contributed by atoms with Crippen LogP contribution in [0.3, 0.4) is 0 Å². The fourth-order valence-corrected chi connectivity index (χ4v) is 1.99. The normalized spacial score (nSPS) is 13.6. The molecule has 0 atom stereocenters. The van der Waals surface area contributed by atoms with Crippen molar-refractivity contribution in [3.8, 4) is 0 Å². The second-order valence-electron chi connectivity index (χ2n) is 4.12. The van der Waals surface area contributed by atoms with E-state index in [2.05, 4.69) is 4.74 Å². The Balaban J connectivity index is 2.38. The molecule has 2 amide bonds. The number of Topliss-reactive ketones (excluding diaryl/α,β-unsaturated/α-hetero) is 1. The SMILES string of the molecule is COCC(=O)CN1C(=O)c2cccc([N+](=O)[O-])c2C1=O. The van der Waals surface area contributed by atoms with Crippen molar-refractivity contribution in [1.29, 1.82) is 0 Å². The van der Waals surface area contributed by atoms with E-state index in [1.54, 1.807) is 0 Å². The Labute approximate surface area is 113 Å². The van der Waals surface area contributed by atoms with Crippen molar-refractivity contribution >= 4 is 23.3 Å². The monoisotopic (exact) mass is 278 g/mol. The van der Waals surface area contributed by atoms with Crippen molar-refractivity contribution in [3.05, 3.63) is 39.4 Å². The molecular formula is C12H10N2O6. The molecule has 0 fully saturated rings. The number of nitrogens with zero attached hydrogens (tertiary/aromatic N) is 2. The predicted molar refractivity (Wildman–Crippen MR) is 65.3 cm³/mol. The van der Waals surface area contributed by atoms with Gasteiger partial charge in [0.1, 0.15) is 12.2 Å². The van der Waals surface area contributed by atoms with Crippen LogP contribution in [0.4, 0.5) is 5.69 Å². The van der Waals surface area contributed by atoms with E-state index >= 15 is 0 Å². The molecule has 0 radical (unpaired) electrons. The number of hydrogen-bond acceptors (Lipinski definition) is 6. The third kappa shape index (κ3) is 2.16. The van der Waals surface area contributed by atoms with Crippen molar-refractivity contribution in [2.24, 2.45) is 0 Å². The van der Waals surface area contributed by atoms with E-state index in [0.717, 1.165) is 6.07 Å². The summed E-state index contributed by atoms with van der Waals surface area (Å²) in [5.74, 6) is -2.01. The van der Waals surface area contributed by atoms with E-state index in [-0.39, 0.29) is 17.7 Å². The molecule has 8 heteroatoms. The summed E-state index contributed by atoms with van der Waals surface area (Å²) in [5, 5.41) is 10.9. The minimum absolute atomic E-state index is 0.0607. The molecule has 0 aliphatic carbocycles. The summed E-state index contributed by atoms with van der Waals surface area (Å²) in [6.45, 7) is -0.702. The molecule has 0 N–H and O–H groups in total. The Morgan fingerprint density at radius 3 is 2.65 bits per heavy atom. The molecule has 8 nitrogen and oxygen atoms in total. The number of ether oxygens (including phenoxy) is 1. The summed E-state index contributed by atoms with van der Waals surface area (Å²) in [4.78, 5) is 46.4. The van der Waals surface area contributed by atoms with E-state index in [1.165, 1.54) is 19.2 Å². The maximum absolute atomic E-state index is 12.1. The van der Waals surface area contributed by atoms with Crippen LogP contribution in [0.25, 0.3) is 0 Å². The van der Waals surface area contributed by atoms with Gasteiger partial charge < -0.3 is 4.74 Å². The summed E-state index contributed by atoms with van der Waals surface area (Å²) in [7, 11) is 1.31. The van der Waals surface area contributed by atoms with E-state index in [0.29, 0.717) is 4.90 Å². The van der Waals surface area contributed by atoms with Gasteiger partial charge in [-0.2, -0.15) is 0 Å². The van der Waals surface area contributed by atoms with Gasteiger partial charge >= 0.3 is 0 Å². The molecule has 0 spiro atoms. The van der Waals surface area contributed by atoms with Gasteiger partial charge in [-0.05, 0) is 6.07 Å². The average molecular weight is 278 g/mol. The van der Waals surface area contributed by atoms with Crippen molar-refractivity contribution in [3.63, 3.8) is 0 Å². The zero-order chi connectivity index (χ0) is 14.9. The molecular weight excluding hydrogens is 268 g/mol. The first kappa shape index (κ1) is 13.8. The minimum atomic E-state index is -0.832. The van der Waals surface area contributed by atoms with Gasteiger partial charge in [0.05, 0.1) is 17.0 Å². The van der Waals surface area contributed by atoms with Crippen molar-refractivity contribution < 1.29 is 24.0 Å². The topological polar surface area (TPSA) is 107 Å². The maximum atomic E-state index is 12.1. The van der Waals surface area contributed by atoms with Gasteiger partial charge in [-0.3, -0.25) is 29.4 Å². The highest BCUT2D eigenvalue weighted by molar-refractivity contribution is 6.24. The lowest BCUT2D eigenvalue weighted by molar-refractivity contribution is -0.385. The number of methoxy groups -OCH3 is 1. The molecule has 1 heterocycles. The zero-order valence-electron chi connectivity index (χ0n) is 10.5. The second-order valence-corrected chi connectivity index (χ2v) is 4.12. The van der Waals surface area contributed by atoms with Gasteiger partial charge in [-0.15, -0.1) is 0 Å². The molecule has 1 aromatic carbocycles. The van der Waals surface area contributed by atoms with E-state index < -0.39 is 34.8 Å². The first-order valence-electron chi connectivity index (χ1n) is 5.61. The van der Waals surface area contributed by atoms with Crippen LogP contribution in [0.5, 0.6) is 0 Å². The highest BCUT2D eigenvalue weighted by atomic mass is 16.6. The molecule has 1 aliphatic heterocycles. The van der Waals surface area contributed by atoms with Gasteiger partial charge in [-0.1, -0.05) is 6.07 Å². The van der Waals surface area contributed by atoms with Crippen molar-refractivity contribution in [2.45, 2.75) is 0 Å². The molecule has 0 bridgehead atoms. The van der Waals surface area contributed by atoms with Gasteiger partial charge in [0.2, 0.25) is 0 Å². The lowest BCUT2D eigenvalue weighted by Crippen LogP contribution is -2.36. The van der Waals surface area contributed by atoms with Crippen LogP contribution in [0.15, 0.2) is 18.2 Å². The highest BCUT2D eigenvalue weighted by Gasteiger charge is 2.41. The summed E-state index contributed by atoms with van der Waals surface area (Å²) >= 11 is 0. The van der Waals surface area contributed by atoms with E-state index in [1.807, 2.05) is 0 Å². The van der Waals surface area contributed by atoms with Crippen LogP contribution in [0.1, 0.15) is 20.7 Å². The van der Waals surface area contributed by atoms with Crippen LogP contribution in [0, 0.1) is 10.1 Å². The van der Waals surface area contributed by atoms with Crippen LogP contribution >= 0.6 is 0 Å². The molecule has 0 unspecified atom stereocenters. The number of carbonyl (C=O) groups excluding carboxylic acids is 3. The molecule has 1 aliphatic rings. The number of amides is 2. The van der Waals surface area contributed by atoms with Gasteiger partial charge in [0.25, 0.3) is 17.5 Å². The van der Waals surface area contributed by atoms with Crippen LogP contribution in [-0.2, 0) is 9.53 Å². The molecule has 104 valence electrons. The zero-order valence-corrected chi connectivity index (χ0v) is 10.5. The summed E-state index contributed by atoms with van der Waals surface area (Å²) < 4.78 is 4.62. The Kier molecular flexibility index (Phi) is 3.57. The number of carbonyl (C=O) groups is 3. The predicted octanol–water partition coefficient (Wildman–Crippen LogP) is 0.406. The first-order chi connectivity index (χ1) is 9.47. The van der Waals surface area contributed by atoms with Gasteiger partial charge in [0, 0.05) is 13.2 Å². The quantitative estimate of drug-likeness (QED) is 0.438. The molecule has 0 saturated carbocycles. The van der Waals surface area contributed by atoms with E-state index in [4.69, 9.17) is 0 Å². The maximum Gasteiger partial charge on any atom is 0.282 e. The smallest absolute Gasteiger partial charge is 0.282 e.